The van der Waals surface area contributed by atoms with E-state index in [9.17, 15) is 13.5 Å². The molecule has 2 rings (SSSR count). The van der Waals surface area contributed by atoms with E-state index < -0.39 is 15.6 Å². The predicted octanol–water partition coefficient (Wildman–Crippen LogP) is 2.09. The van der Waals surface area contributed by atoms with Crippen molar-refractivity contribution in [1.82, 2.24) is 4.72 Å². The first kappa shape index (κ1) is 16.3. The third kappa shape index (κ3) is 3.75. The van der Waals surface area contributed by atoms with Crippen molar-refractivity contribution in [2.45, 2.75) is 56.0 Å². The fourth-order valence-electron chi connectivity index (χ4n) is 2.26. The summed E-state index contributed by atoms with van der Waals surface area (Å²) in [5.41, 5.74) is 0.0500. The molecular formula is C15H24N2O3S. The van der Waals surface area contributed by atoms with Crippen molar-refractivity contribution in [3.05, 3.63) is 24.3 Å². The highest BCUT2D eigenvalue weighted by Crippen LogP contribution is 2.29. The van der Waals surface area contributed by atoms with Gasteiger partial charge in [-0.3, -0.25) is 0 Å². The van der Waals surface area contributed by atoms with Crippen molar-refractivity contribution in [1.29, 1.82) is 0 Å². The summed E-state index contributed by atoms with van der Waals surface area (Å²) in [6.45, 7) is 3.92. The number of anilines is 1. The molecule has 1 saturated carbocycles. The quantitative estimate of drug-likeness (QED) is 0.687. The van der Waals surface area contributed by atoms with Gasteiger partial charge in [-0.2, -0.15) is 0 Å². The number of sulfonamides is 1. The monoisotopic (exact) mass is 312 g/mol. The van der Waals surface area contributed by atoms with Crippen LogP contribution in [0.15, 0.2) is 29.2 Å². The first-order valence-electron chi connectivity index (χ1n) is 7.47. The molecule has 6 heteroatoms. The Labute approximate surface area is 126 Å². The van der Waals surface area contributed by atoms with Crippen LogP contribution < -0.4 is 10.0 Å². The molecule has 0 heterocycles. The van der Waals surface area contributed by atoms with E-state index in [1.807, 2.05) is 13.8 Å². The maximum absolute atomic E-state index is 12.4. The fourth-order valence-corrected chi connectivity index (χ4v) is 3.73. The van der Waals surface area contributed by atoms with Crippen LogP contribution in [-0.2, 0) is 10.0 Å². The fraction of sp³-hybridized carbons (Fsp3) is 0.600. The van der Waals surface area contributed by atoms with E-state index in [0.29, 0.717) is 18.5 Å². The Morgan fingerprint density at radius 3 is 2.38 bits per heavy atom. The molecule has 21 heavy (non-hydrogen) atoms. The van der Waals surface area contributed by atoms with Crippen LogP contribution in [0.3, 0.4) is 0 Å². The van der Waals surface area contributed by atoms with Crippen LogP contribution in [0.1, 0.15) is 39.5 Å². The minimum absolute atomic E-state index is 0.0373. The van der Waals surface area contributed by atoms with E-state index in [1.54, 1.807) is 24.3 Å². The molecule has 3 N–H and O–H groups in total. The van der Waals surface area contributed by atoms with Crippen molar-refractivity contribution in [2.75, 3.05) is 11.9 Å². The van der Waals surface area contributed by atoms with Gasteiger partial charge in [-0.15, -0.1) is 0 Å². The van der Waals surface area contributed by atoms with Gasteiger partial charge in [0.2, 0.25) is 10.0 Å². The van der Waals surface area contributed by atoms with Gasteiger partial charge in [-0.05, 0) is 37.8 Å². The number of aliphatic hydroxyl groups excluding tert-OH is 1. The Balaban J connectivity index is 2.32. The highest BCUT2D eigenvalue weighted by atomic mass is 32.2. The van der Waals surface area contributed by atoms with Gasteiger partial charge in [-0.25, -0.2) is 13.1 Å². The molecular weight excluding hydrogens is 288 g/mol. The minimum Gasteiger partial charge on any atom is -0.394 e. The number of para-hydroxylation sites is 1. The molecule has 1 fully saturated rings. The largest absolute Gasteiger partial charge is 0.394 e. The Kier molecular flexibility index (Phi) is 4.91. The second-order valence-electron chi connectivity index (χ2n) is 5.66. The zero-order valence-electron chi connectivity index (χ0n) is 12.6. The van der Waals surface area contributed by atoms with E-state index in [1.165, 1.54) is 0 Å². The lowest BCUT2D eigenvalue weighted by atomic mass is 9.93. The molecule has 0 aromatic heterocycles. The minimum atomic E-state index is -3.52. The number of benzene rings is 1. The molecule has 0 spiro atoms. The van der Waals surface area contributed by atoms with E-state index >= 15 is 0 Å². The second kappa shape index (κ2) is 6.34. The molecule has 0 bridgehead atoms. The zero-order chi connectivity index (χ0) is 15.5. The number of rotatable bonds is 8. The van der Waals surface area contributed by atoms with Crippen LogP contribution in [0.4, 0.5) is 5.69 Å². The van der Waals surface area contributed by atoms with Gasteiger partial charge >= 0.3 is 0 Å². The van der Waals surface area contributed by atoms with Crippen molar-refractivity contribution < 1.29 is 13.5 Å². The summed E-state index contributed by atoms with van der Waals surface area (Å²) in [4.78, 5) is 0.247. The van der Waals surface area contributed by atoms with Crippen LogP contribution in [0, 0.1) is 0 Å². The van der Waals surface area contributed by atoms with Gasteiger partial charge in [-0.1, -0.05) is 26.0 Å². The van der Waals surface area contributed by atoms with Crippen LogP contribution in [0.2, 0.25) is 0 Å². The molecule has 118 valence electrons. The Morgan fingerprint density at radius 2 is 1.86 bits per heavy atom. The van der Waals surface area contributed by atoms with E-state index in [4.69, 9.17) is 0 Å². The average molecular weight is 312 g/mol. The number of nitrogens with one attached hydrogen (secondary N) is 2. The zero-order valence-corrected chi connectivity index (χ0v) is 13.4. The lowest BCUT2D eigenvalue weighted by Crippen LogP contribution is -2.41. The summed E-state index contributed by atoms with van der Waals surface area (Å²) in [5, 5.41) is 12.9. The van der Waals surface area contributed by atoms with Crippen molar-refractivity contribution in [3.63, 3.8) is 0 Å². The van der Waals surface area contributed by atoms with Gasteiger partial charge in [0.25, 0.3) is 0 Å². The van der Waals surface area contributed by atoms with E-state index in [2.05, 4.69) is 10.0 Å². The van der Waals surface area contributed by atoms with E-state index in [-0.39, 0.29) is 17.5 Å². The summed E-state index contributed by atoms with van der Waals surface area (Å²) < 4.78 is 27.6. The summed E-state index contributed by atoms with van der Waals surface area (Å²) in [5.74, 6) is 0. The molecule has 1 aromatic rings. The first-order valence-corrected chi connectivity index (χ1v) is 8.95. The smallest absolute Gasteiger partial charge is 0.242 e. The van der Waals surface area contributed by atoms with Gasteiger partial charge in [0.15, 0.2) is 0 Å². The average Bonchev–Trinajstić information content (AvgIpc) is 3.28. The standard InChI is InChI=1S/C15H24N2O3S/c1-3-15(4-2,11-18)16-13-7-5-6-8-14(13)21(19,20)17-12-9-10-12/h5-8,12,16-18H,3-4,9-11H2,1-2H3. The van der Waals surface area contributed by atoms with Gasteiger partial charge in [0, 0.05) is 6.04 Å². The molecule has 0 aliphatic heterocycles. The molecule has 1 aromatic carbocycles. The predicted molar refractivity (Wildman–Crippen MR) is 83.8 cm³/mol. The normalized spacial score (nSPS) is 16.0. The molecule has 5 nitrogen and oxygen atoms in total. The SMILES string of the molecule is CCC(CC)(CO)Nc1ccccc1S(=O)(=O)NC1CC1. The van der Waals surface area contributed by atoms with Crippen LogP contribution in [-0.4, -0.2) is 31.7 Å². The van der Waals surface area contributed by atoms with Crippen molar-refractivity contribution in [2.24, 2.45) is 0 Å². The van der Waals surface area contributed by atoms with Gasteiger partial charge < -0.3 is 10.4 Å². The van der Waals surface area contributed by atoms with Crippen molar-refractivity contribution in [3.8, 4) is 0 Å². The van der Waals surface area contributed by atoms with Crippen molar-refractivity contribution >= 4 is 15.7 Å². The molecule has 0 saturated heterocycles. The number of hydrogen-bond acceptors (Lipinski definition) is 4. The Morgan fingerprint density at radius 1 is 1.24 bits per heavy atom. The van der Waals surface area contributed by atoms with Crippen LogP contribution >= 0.6 is 0 Å². The lowest BCUT2D eigenvalue weighted by Gasteiger charge is -2.32. The van der Waals surface area contributed by atoms with Gasteiger partial charge in [0.1, 0.15) is 4.90 Å². The molecule has 0 atom stereocenters. The maximum Gasteiger partial charge on any atom is 0.242 e. The molecule has 1 aliphatic rings. The molecule has 0 radical (unpaired) electrons. The second-order valence-corrected chi connectivity index (χ2v) is 7.34. The highest BCUT2D eigenvalue weighted by molar-refractivity contribution is 7.89. The van der Waals surface area contributed by atoms with Gasteiger partial charge in [0.05, 0.1) is 17.8 Å². The summed E-state index contributed by atoms with van der Waals surface area (Å²) in [6.07, 6.45) is 3.23. The third-order valence-corrected chi connectivity index (χ3v) is 5.71. The molecule has 1 aliphatic carbocycles. The van der Waals surface area contributed by atoms with E-state index in [0.717, 1.165) is 12.8 Å². The van der Waals surface area contributed by atoms with Crippen LogP contribution in [0.5, 0.6) is 0 Å². The summed E-state index contributed by atoms with van der Waals surface area (Å²) in [6, 6.07) is 6.93. The summed E-state index contributed by atoms with van der Waals surface area (Å²) in [7, 11) is -3.52. The lowest BCUT2D eigenvalue weighted by molar-refractivity contribution is 0.202. The first-order chi connectivity index (χ1) is 9.96. The summed E-state index contributed by atoms with van der Waals surface area (Å²) >= 11 is 0. The Bertz CT molecular complexity index is 570. The Hall–Kier alpha value is -1.11. The topological polar surface area (TPSA) is 78.4 Å². The van der Waals surface area contributed by atoms with Crippen LogP contribution in [0.25, 0.3) is 0 Å². The number of hydrogen-bond donors (Lipinski definition) is 3. The maximum atomic E-state index is 12.4. The number of aliphatic hydroxyl groups is 1. The molecule has 0 amide bonds. The molecule has 0 unspecified atom stereocenters. The third-order valence-electron chi connectivity index (χ3n) is 4.13. The highest BCUT2D eigenvalue weighted by Gasteiger charge is 2.31.